The first-order valence-electron chi connectivity index (χ1n) is 6.11. The van der Waals surface area contributed by atoms with E-state index in [0.29, 0.717) is 13.2 Å². The fourth-order valence-corrected chi connectivity index (χ4v) is 2.68. The zero-order valence-corrected chi connectivity index (χ0v) is 9.72. The molecule has 0 bridgehead atoms. The van der Waals surface area contributed by atoms with Crippen molar-refractivity contribution in [3.63, 3.8) is 0 Å². The molecule has 1 aliphatic carbocycles. The number of rotatable bonds is 2. The molecule has 0 unspecified atom stereocenters. The maximum Gasteiger partial charge on any atom is 0.410 e. The Morgan fingerprint density at radius 2 is 2.12 bits per heavy atom. The van der Waals surface area contributed by atoms with Crippen LogP contribution in [0.25, 0.3) is 0 Å². The van der Waals surface area contributed by atoms with Gasteiger partial charge in [-0.15, -0.1) is 0 Å². The molecule has 2 fully saturated rings. The van der Waals surface area contributed by atoms with Crippen molar-refractivity contribution in [3.05, 3.63) is 0 Å². The van der Waals surface area contributed by atoms with E-state index in [2.05, 4.69) is 5.32 Å². The molecule has 1 saturated heterocycles. The van der Waals surface area contributed by atoms with Crippen LogP contribution in [0.5, 0.6) is 0 Å². The van der Waals surface area contributed by atoms with E-state index in [9.17, 15) is 9.59 Å². The standard InChI is InChI=1S/C11H18N2O4/c14-10(15)12-8-4-1-2-5-9(8)13-6-3-7-17-11(13)16/h8-9,12H,1-7H2,(H,14,15)/t8-,9-/m1/s1. The molecule has 1 saturated carbocycles. The predicted molar refractivity (Wildman–Crippen MR) is 59.9 cm³/mol. The molecule has 6 nitrogen and oxygen atoms in total. The van der Waals surface area contributed by atoms with Crippen LogP contribution < -0.4 is 5.32 Å². The second-order valence-corrected chi connectivity index (χ2v) is 4.57. The summed E-state index contributed by atoms with van der Waals surface area (Å²) in [5.41, 5.74) is 0. The van der Waals surface area contributed by atoms with E-state index in [1.54, 1.807) is 4.90 Å². The van der Waals surface area contributed by atoms with Gasteiger partial charge in [-0.05, 0) is 19.3 Å². The van der Waals surface area contributed by atoms with Crippen molar-refractivity contribution in [2.45, 2.75) is 44.2 Å². The maximum absolute atomic E-state index is 11.7. The molecule has 17 heavy (non-hydrogen) atoms. The third kappa shape index (κ3) is 2.81. The van der Waals surface area contributed by atoms with Crippen LogP contribution >= 0.6 is 0 Å². The monoisotopic (exact) mass is 242 g/mol. The summed E-state index contributed by atoms with van der Waals surface area (Å²) in [5, 5.41) is 11.3. The summed E-state index contributed by atoms with van der Waals surface area (Å²) in [6.07, 6.45) is 3.17. The molecule has 0 aromatic heterocycles. The highest BCUT2D eigenvalue weighted by molar-refractivity contribution is 5.69. The van der Waals surface area contributed by atoms with Crippen molar-refractivity contribution in [3.8, 4) is 0 Å². The van der Waals surface area contributed by atoms with Crippen LogP contribution in [0.15, 0.2) is 0 Å². The molecule has 1 aliphatic heterocycles. The van der Waals surface area contributed by atoms with Gasteiger partial charge in [0.05, 0.1) is 18.7 Å². The molecular weight excluding hydrogens is 224 g/mol. The molecule has 2 N–H and O–H groups in total. The first-order valence-corrected chi connectivity index (χ1v) is 6.11. The number of cyclic esters (lactones) is 1. The van der Waals surface area contributed by atoms with E-state index in [0.717, 1.165) is 32.1 Å². The zero-order valence-electron chi connectivity index (χ0n) is 9.72. The van der Waals surface area contributed by atoms with Crippen LogP contribution in [-0.2, 0) is 4.74 Å². The lowest BCUT2D eigenvalue weighted by Gasteiger charge is -2.40. The predicted octanol–water partition coefficient (Wildman–Crippen LogP) is 1.41. The molecule has 1 heterocycles. The minimum atomic E-state index is -1.02. The minimum Gasteiger partial charge on any atom is -0.465 e. The largest absolute Gasteiger partial charge is 0.465 e. The van der Waals surface area contributed by atoms with Gasteiger partial charge in [0, 0.05) is 6.54 Å². The molecule has 2 rings (SSSR count). The highest BCUT2D eigenvalue weighted by Gasteiger charge is 2.35. The Morgan fingerprint density at radius 3 is 2.82 bits per heavy atom. The lowest BCUT2D eigenvalue weighted by atomic mass is 9.89. The summed E-state index contributed by atoms with van der Waals surface area (Å²) in [4.78, 5) is 24.1. The van der Waals surface area contributed by atoms with E-state index >= 15 is 0 Å². The Labute approximate surface area is 99.9 Å². The Kier molecular flexibility index (Phi) is 3.71. The first-order chi connectivity index (χ1) is 8.18. The number of hydrogen-bond acceptors (Lipinski definition) is 3. The van der Waals surface area contributed by atoms with Gasteiger partial charge in [0.2, 0.25) is 0 Å². The van der Waals surface area contributed by atoms with Crippen LogP contribution in [0.3, 0.4) is 0 Å². The van der Waals surface area contributed by atoms with Gasteiger partial charge in [-0.3, -0.25) is 0 Å². The number of carbonyl (C=O) groups excluding carboxylic acids is 1. The smallest absolute Gasteiger partial charge is 0.410 e. The van der Waals surface area contributed by atoms with Crippen molar-refractivity contribution >= 4 is 12.2 Å². The summed E-state index contributed by atoms with van der Waals surface area (Å²) < 4.78 is 5.01. The Hall–Kier alpha value is -1.46. The van der Waals surface area contributed by atoms with E-state index in [4.69, 9.17) is 9.84 Å². The molecule has 2 amide bonds. The molecule has 6 heteroatoms. The van der Waals surface area contributed by atoms with Gasteiger partial charge in [-0.25, -0.2) is 9.59 Å². The fourth-order valence-electron chi connectivity index (χ4n) is 2.68. The van der Waals surface area contributed by atoms with Crippen molar-refractivity contribution in [2.75, 3.05) is 13.2 Å². The Bertz CT molecular complexity index is 308. The van der Waals surface area contributed by atoms with Gasteiger partial charge in [-0.2, -0.15) is 0 Å². The quantitative estimate of drug-likeness (QED) is 0.767. The minimum absolute atomic E-state index is 0.0485. The summed E-state index contributed by atoms with van der Waals surface area (Å²) in [7, 11) is 0. The number of carboxylic acid groups (broad SMARTS) is 1. The molecule has 0 spiro atoms. The second-order valence-electron chi connectivity index (χ2n) is 4.57. The molecule has 2 aliphatic rings. The summed E-state index contributed by atoms with van der Waals surface area (Å²) in [5.74, 6) is 0. The van der Waals surface area contributed by atoms with Gasteiger partial charge >= 0.3 is 12.2 Å². The maximum atomic E-state index is 11.7. The van der Waals surface area contributed by atoms with Gasteiger partial charge in [0.15, 0.2) is 0 Å². The lowest BCUT2D eigenvalue weighted by Crippen LogP contribution is -2.56. The highest BCUT2D eigenvalue weighted by Crippen LogP contribution is 2.25. The van der Waals surface area contributed by atoms with Crippen LogP contribution in [0.4, 0.5) is 9.59 Å². The molecule has 2 atom stereocenters. The third-order valence-electron chi connectivity index (χ3n) is 3.44. The number of ether oxygens (including phenoxy) is 1. The van der Waals surface area contributed by atoms with Gasteiger partial charge in [-0.1, -0.05) is 12.8 Å². The van der Waals surface area contributed by atoms with Crippen molar-refractivity contribution < 1.29 is 19.4 Å². The Morgan fingerprint density at radius 1 is 1.35 bits per heavy atom. The number of hydrogen-bond donors (Lipinski definition) is 2. The normalized spacial score (nSPS) is 29.6. The average Bonchev–Trinajstić information content (AvgIpc) is 2.30. The third-order valence-corrected chi connectivity index (χ3v) is 3.44. The van der Waals surface area contributed by atoms with E-state index in [1.165, 1.54) is 0 Å². The number of carbonyl (C=O) groups is 2. The number of nitrogens with one attached hydrogen (secondary N) is 1. The van der Waals surface area contributed by atoms with E-state index < -0.39 is 6.09 Å². The molecule has 0 radical (unpaired) electrons. The SMILES string of the molecule is O=C(O)N[C@@H]1CCCC[C@H]1N1CCCOC1=O. The summed E-state index contributed by atoms with van der Waals surface area (Å²) in [6.45, 7) is 1.14. The van der Waals surface area contributed by atoms with Gasteiger partial charge in [0.1, 0.15) is 0 Å². The van der Waals surface area contributed by atoms with Crippen LogP contribution in [-0.4, -0.2) is 47.4 Å². The van der Waals surface area contributed by atoms with Crippen molar-refractivity contribution in [1.82, 2.24) is 10.2 Å². The van der Waals surface area contributed by atoms with E-state index in [1.807, 2.05) is 0 Å². The molecular formula is C11H18N2O4. The van der Waals surface area contributed by atoms with E-state index in [-0.39, 0.29) is 18.2 Å². The fraction of sp³-hybridized carbons (Fsp3) is 0.818. The van der Waals surface area contributed by atoms with Crippen LogP contribution in [0.1, 0.15) is 32.1 Å². The van der Waals surface area contributed by atoms with Crippen LogP contribution in [0.2, 0.25) is 0 Å². The summed E-state index contributed by atoms with van der Waals surface area (Å²) >= 11 is 0. The first kappa shape index (κ1) is 12.0. The van der Waals surface area contributed by atoms with Crippen molar-refractivity contribution in [2.24, 2.45) is 0 Å². The molecule has 0 aromatic carbocycles. The lowest BCUT2D eigenvalue weighted by molar-refractivity contribution is 0.0378. The van der Waals surface area contributed by atoms with Gasteiger partial charge in [0.25, 0.3) is 0 Å². The van der Waals surface area contributed by atoms with Crippen LogP contribution in [0, 0.1) is 0 Å². The summed E-state index contributed by atoms with van der Waals surface area (Å²) in [6, 6.07) is -0.209. The molecule has 96 valence electrons. The van der Waals surface area contributed by atoms with Crippen molar-refractivity contribution in [1.29, 1.82) is 0 Å². The zero-order chi connectivity index (χ0) is 12.3. The topological polar surface area (TPSA) is 78.9 Å². The highest BCUT2D eigenvalue weighted by atomic mass is 16.6. The second kappa shape index (κ2) is 5.25. The van der Waals surface area contributed by atoms with Gasteiger partial charge < -0.3 is 20.1 Å². The number of nitrogens with zero attached hydrogens (tertiary/aromatic N) is 1. The number of amides is 2. The molecule has 0 aromatic rings. The Balaban J connectivity index is 2.04. The average molecular weight is 242 g/mol.